The highest BCUT2D eigenvalue weighted by Gasteiger charge is 2.12. The standard InChI is InChI=1S/C19H20O5/c1-3-14-6-5-7-16(10-14)23-13-19(21)24-17-9-8-15(12-20)11-18(17)22-4-2/h5-12H,3-4,13H2,1-2H3. The van der Waals surface area contributed by atoms with Gasteiger partial charge in [-0.25, -0.2) is 4.79 Å². The molecule has 2 aromatic rings. The fraction of sp³-hybridized carbons (Fsp3) is 0.263. The monoisotopic (exact) mass is 328 g/mol. The Morgan fingerprint density at radius 2 is 1.88 bits per heavy atom. The Morgan fingerprint density at radius 1 is 1.04 bits per heavy atom. The molecule has 0 heterocycles. The number of aldehydes is 1. The largest absolute Gasteiger partial charge is 0.490 e. The molecule has 0 atom stereocenters. The van der Waals surface area contributed by atoms with Gasteiger partial charge in [-0.3, -0.25) is 4.79 Å². The summed E-state index contributed by atoms with van der Waals surface area (Å²) >= 11 is 0. The number of carbonyl (C=O) groups is 2. The molecule has 0 radical (unpaired) electrons. The molecule has 0 aliphatic carbocycles. The lowest BCUT2D eigenvalue weighted by Crippen LogP contribution is -2.18. The van der Waals surface area contributed by atoms with Gasteiger partial charge in [0.2, 0.25) is 0 Å². The van der Waals surface area contributed by atoms with Crippen LogP contribution in [-0.2, 0) is 11.2 Å². The third-order valence-electron chi connectivity index (χ3n) is 3.29. The maximum Gasteiger partial charge on any atom is 0.349 e. The topological polar surface area (TPSA) is 61.8 Å². The average molecular weight is 328 g/mol. The van der Waals surface area contributed by atoms with E-state index in [0.717, 1.165) is 12.0 Å². The zero-order chi connectivity index (χ0) is 17.4. The summed E-state index contributed by atoms with van der Waals surface area (Å²) in [5.74, 6) is 0.686. The lowest BCUT2D eigenvalue weighted by Gasteiger charge is -2.11. The molecule has 0 fully saturated rings. The number of rotatable bonds is 8. The van der Waals surface area contributed by atoms with Crippen LogP contribution < -0.4 is 14.2 Å². The minimum absolute atomic E-state index is 0.214. The van der Waals surface area contributed by atoms with Crippen LogP contribution in [0.5, 0.6) is 17.2 Å². The summed E-state index contributed by atoms with van der Waals surface area (Å²) < 4.78 is 16.1. The number of hydrogen-bond acceptors (Lipinski definition) is 5. The Morgan fingerprint density at radius 3 is 2.58 bits per heavy atom. The molecule has 0 bridgehead atoms. The molecule has 2 aromatic carbocycles. The first-order chi connectivity index (χ1) is 11.7. The highest BCUT2D eigenvalue weighted by Crippen LogP contribution is 2.28. The van der Waals surface area contributed by atoms with E-state index in [2.05, 4.69) is 0 Å². The second kappa shape index (κ2) is 8.72. The number of carbonyl (C=O) groups excluding carboxylic acids is 2. The van der Waals surface area contributed by atoms with E-state index in [1.807, 2.05) is 32.0 Å². The maximum atomic E-state index is 12.0. The molecule has 0 unspecified atom stereocenters. The van der Waals surface area contributed by atoms with Crippen LogP contribution in [0.15, 0.2) is 42.5 Å². The highest BCUT2D eigenvalue weighted by atomic mass is 16.6. The Hall–Kier alpha value is -2.82. The van der Waals surface area contributed by atoms with Crippen molar-refractivity contribution in [2.45, 2.75) is 20.3 Å². The molecular weight excluding hydrogens is 308 g/mol. The van der Waals surface area contributed by atoms with Crippen LogP contribution in [0.1, 0.15) is 29.8 Å². The van der Waals surface area contributed by atoms with Crippen molar-refractivity contribution in [2.75, 3.05) is 13.2 Å². The van der Waals surface area contributed by atoms with Crippen molar-refractivity contribution in [3.8, 4) is 17.2 Å². The molecule has 0 aliphatic heterocycles. The quantitative estimate of drug-likeness (QED) is 0.422. The molecule has 0 saturated heterocycles. The predicted molar refractivity (Wildman–Crippen MR) is 89.9 cm³/mol. The lowest BCUT2D eigenvalue weighted by molar-refractivity contribution is -0.136. The van der Waals surface area contributed by atoms with Crippen molar-refractivity contribution in [2.24, 2.45) is 0 Å². The molecule has 126 valence electrons. The van der Waals surface area contributed by atoms with Gasteiger partial charge in [-0.1, -0.05) is 19.1 Å². The fourth-order valence-electron chi connectivity index (χ4n) is 2.10. The first-order valence-corrected chi connectivity index (χ1v) is 7.80. The first kappa shape index (κ1) is 17.5. The van der Waals surface area contributed by atoms with E-state index in [0.29, 0.717) is 30.0 Å². The smallest absolute Gasteiger partial charge is 0.349 e. The van der Waals surface area contributed by atoms with E-state index in [-0.39, 0.29) is 12.4 Å². The van der Waals surface area contributed by atoms with E-state index in [9.17, 15) is 9.59 Å². The van der Waals surface area contributed by atoms with Gasteiger partial charge < -0.3 is 14.2 Å². The summed E-state index contributed by atoms with van der Waals surface area (Å²) in [4.78, 5) is 22.8. The molecule has 0 saturated carbocycles. The maximum absolute atomic E-state index is 12.0. The summed E-state index contributed by atoms with van der Waals surface area (Å²) in [6.45, 7) is 4.04. The van der Waals surface area contributed by atoms with Gasteiger partial charge in [-0.05, 0) is 49.2 Å². The van der Waals surface area contributed by atoms with Crippen LogP contribution >= 0.6 is 0 Å². The van der Waals surface area contributed by atoms with Gasteiger partial charge in [-0.15, -0.1) is 0 Å². The zero-order valence-electron chi connectivity index (χ0n) is 13.8. The van der Waals surface area contributed by atoms with Gasteiger partial charge >= 0.3 is 5.97 Å². The second-order valence-electron chi connectivity index (χ2n) is 5.02. The number of hydrogen-bond donors (Lipinski definition) is 0. The minimum Gasteiger partial charge on any atom is -0.490 e. The molecule has 0 amide bonds. The van der Waals surface area contributed by atoms with E-state index >= 15 is 0 Å². The van der Waals surface area contributed by atoms with E-state index in [1.165, 1.54) is 12.1 Å². The van der Waals surface area contributed by atoms with Crippen LogP contribution in [0.4, 0.5) is 0 Å². The number of esters is 1. The molecule has 0 N–H and O–H groups in total. The van der Waals surface area contributed by atoms with Crippen LogP contribution in [-0.4, -0.2) is 25.5 Å². The molecule has 24 heavy (non-hydrogen) atoms. The number of ether oxygens (including phenoxy) is 3. The molecule has 0 spiro atoms. The van der Waals surface area contributed by atoms with Crippen molar-refractivity contribution in [1.82, 2.24) is 0 Å². The third kappa shape index (κ3) is 4.84. The predicted octanol–water partition coefficient (Wildman–Crippen LogP) is 3.44. The third-order valence-corrected chi connectivity index (χ3v) is 3.29. The van der Waals surface area contributed by atoms with Gasteiger partial charge in [0.25, 0.3) is 0 Å². The van der Waals surface area contributed by atoms with Gasteiger partial charge in [0.1, 0.15) is 12.0 Å². The van der Waals surface area contributed by atoms with Gasteiger partial charge in [0.05, 0.1) is 6.61 Å². The van der Waals surface area contributed by atoms with Crippen LogP contribution in [0.25, 0.3) is 0 Å². The summed E-state index contributed by atoms with van der Waals surface area (Å²) in [6, 6.07) is 12.2. The molecule has 0 aromatic heterocycles. The van der Waals surface area contributed by atoms with Crippen LogP contribution in [0.3, 0.4) is 0 Å². The van der Waals surface area contributed by atoms with Crippen LogP contribution in [0, 0.1) is 0 Å². The normalized spacial score (nSPS) is 10.1. The summed E-state index contributed by atoms with van der Waals surface area (Å²) in [6.07, 6.45) is 1.60. The molecule has 0 aliphatic rings. The fourth-order valence-corrected chi connectivity index (χ4v) is 2.10. The SMILES string of the molecule is CCOc1cc(C=O)ccc1OC(=O)COc1cccc(CC)c1. The molecular formula is C19H20O5. The Bertz CT molecular complexity index is 709. The van der Waals surface area contributed by atoms with E-state index in [1.54, 1.807) is 12.1 Å². The Labute approximate surface area is 141 Å². The first-order valence-electron chi connectivity index (χ1n) is 7.80. The minimum atomic E-state index is -0.545. The zero-order valence-corrected chi connectivity index (χ0v) is 13.8. The number of aryl methyl sites for hydroxylation is 1. The summed E-state index contributed by atoms with van der Waals surface area (Å²) in [5, 5.41) is 0. The summed E-state index contributed by atoms with van der Waals surface area (Å²) in [5.41, 5.74) is 1.58. The number of benzene rings is 2. The van der Waals surface area contributed by atoms with Crippen molar-refractivity contribution >= 4 is 12.3 Å². The van der Waals surface area contributed by atoms with Crippen molar-refractivity contribution in [3.05, 3.63) is 53.6 Å². The van der Waals surface area contributed by atoms with E-state index in [4.69, 9.17) is 14.2 Å². The molecule has 2 rings (SSSR count). The van der Waals surface area contributed by atoms with Crippen LogP contribution in [0.2, 0.25) is 0 Å². The Kier molecular flexibility index (Phi) is 6.37. The summed E-state index contributed by atoms with van der Waals surface area (Å²) in [7, 11) is 0. The van der Waals surface area contributed by atoms with Crippen molar-refractivity contribution < 1.29 is 23.8 Å². The Balaban J connectivity index is 2.00. The van der Waals surface area contributed by atoms with Crippen molar-refractivity contribution in [1.29, 1.82) is 0 Å². The van der Waals surface area contributed by atoms with Crippen molar-refractivity contribution in [3.63, 3.8) is 0 Å². The second-order valence-corrected chi connectivity index (χ2v) is 5.02. The van der Waals surface area contributed by atoms with Gasteiger partial charge in [-0.2, -0.15) is 0 Å². The molecule has 5 heteroatoms. The van der Waals surface area contributed by atoms with E-state index < -0.39 is 5.97 Å². The van der Waals surface area contributed by atoms with Gasteiger partial charge in [0, 0.05) is 5.56 Å². The van der Waals surface area contributed by atoms with Gasteiger partial charge in [0.15, 0.2) is 18.1 Å². The molecule has 5 nitrogen and oxygen atoms in total. The lowest BCUT2D eigenvalue weighted by atomic mass is 10.2. The highest BCUT2D eigenvalue weighted by molar-refractivity contribution is 5.78. The average Bonchev–Trinajstić information content (AvgIpc) is 2.62.